The first-order valence-corrected chi connectivity index (χ1v) is 13.9. The number of carbonyl (C=O) groups is 2. The van der Waals surface area contributed by atoms with Crippen LogP contribution < -0.4 is 10.6 Å². The van der Waals surface area contributed by atoms with E-state index in [2.05, 4.69) is 42.5 Å². The summed E-state index contributed by atoms with van der Waals surface area (Å²) in [6, 6.07) is 29.7. The van der Waals surface area contributed by atoms with Crippen molar-refractivity contribution in [3.05, 3.63) is 117 Å². The van der Waals surface area contributed by atoms with Gasteiger partial charge in [-0.1, -0.05) is 77.7 Å². The summed E-state index contributed by atoms with van der Waals surface area (Å²) >= 11 is 6.80. The molecule has 0 aliphatic rings. The molecular weight excluding hydrogens is 596 g/mol. The summed E-state index contributed by atoms with van der Waals surface area (Å²) in [7, 11) is 2.89. The fourth-order valence-corrected chi connectivity index (χ4v) is 5.90. The van der Waals surface area contributed by atoms with E-state index in [4.69, 9.17) is 0 Å². The Morgan fingerprint density at radius 2 is 0.882 bits per heavy atom. The Bertz CT molecular complexity index is 1210. The van der Waals surface area contributed by atoms with Crippen LogP contribution in [0.1, 0.15) is 20.7 Å². The highest BCUT2D eigenvalue weighted by Gasteiger charge is 2.16. The highest BCUT2D eigenvalue weighted by atomic mass is 79.9. The molecule has 0 radical (unpaired) electrons. The Morgan fingerprint density at radius 1 is 0.529 bits per heavy atom. The van der Waals surface area contributed by atoms with Crippen molar-refractivity contribution in [2.45, 2.75) is 9.79 Å². The van der Waals surface area contributed by atoms with Gasteiger partial charge in [0.15, 0.2) is 0 Å². The molecule has 2 N–H and O–H groups in total. The third-order valence-corrected chi connectivity index (χ3v) is 8.23. The Morgan fingerprint density at radius 3 is 1.26 bits per heavy atom. The van der Waals surface area contributed by atoms with Crippen LogP contribution in [-0.4, -0.2) is 11.8 Å². The van der Waals surface area contributed by atoms with Crippen LogP contribution in [0.25, 0.3) is 0 Å². The third-order valence-electron chi connectivity index (χ3n) is 4.69. The molecule has 0 aliphatic carbocycles. The van der Waals surface area contributed by atoms with Crippen LogP contribution in [0, 0.1) is 0 Å². The van der Waals surface area contributed by atoms with Gasteiger partial charge in [-0.25, -0.2) is 0 Å². The van der Waals surface area contributed by atoms with Crippen LogP contribution in [0.5, 0.6) is 0 Å². The van der Waals surface area contributed by atoms with Crippen LogP contribution >= 0.6 is 53.4 Å². The number of amides is 2. The van der Waals surface area contributed by atoms with E-state index in [1.807, 2.05) is 84.9 Å². The van der Waals surface area contributed by atoms with E-state index in [1.54, 1.807) is 12.1 Å². The molecule has 4 aromatic rings. The molecule has 0 aromatic heterocycles. The van der Waals surface area contributed by atoms with Gasteiger partial charge in [0.25, 0.3) is 11.8 Å². The smallest absolute Gasteiger partial charge is 0.256 e. The van der Waals surface area contributed by atoms with Crippen molar-refractivity contribution in [2.75, 3.05) is 10.6 Å². The molecule has 4 nitrogen and oxygen atoms in total. The first-order valence-electron chi connectivity index (χ1n) is 10.2. The van der Waals surface area contributed by atoms with Crippen LogP contribution in [0.3, 0.4) is 0 Å². The van der Waals surface area contributed by atoms with E-state index < -0.39 is 0 Å². The average Bonchev–Trinajstić information content (AvgIpc) is 2.86. The fourth-order valence-electron chi connectivity index (χ4n) is 3.01. The summed E-state index contributed by atoms with van der Waals surface area (Å²) in [4.78, 5) is 27.5. The van der Waals surface area contributed by atoms with Gasteiger partial charge < -0.3 is 10.6 Å². The van der Waals surface area contributed by atoms with Crippen molar-refractivity contribution in [2.24, 2.45) is 0 Å². The van der Waals surface area contributed by atoms with Crippen molar-refractivity contribution in [3.63, 3.8) is 0 Å². The van der Waals surface area contributed by atoms with Gasteiger partial charge in [-0.15, -0.1) is 0 Å². The first-order chi connectivity index (χ1) is 16.5. The average molecular weight is 614 g/mol. The molecule has 0 heterocycles. The van der Waals surface area contributed by atoms with E-state index in [0.29, 0.717) is 11.1 Å². The minimum Gasteiger partial charge on any atom is -0.322 e. The standard InChI is InChI=1S/C26H18Br2N2O2S2/c27-17-9-13-19(14-10-17)29-25(31)21-5-1-3-7-23(21)33-34-24-8-4-2-6-22(24)26(32)30-20-15-11-18(28)12-16-20/h1-16H,(H,29,31)(H,30,32). The lowest BCUT2D eigenvalue weighted by Gasteiger charge is -2.12. The predicted molar refractivity (Wildman–Crippen MR) is 149 cm³/mol. The first kappa shape index (κ1) is 24.6. The molecule has 34 heavy (non-hydrogen) atoms. The maximum Gasteiger partial charge on any atom is 0.256 e. The molecule has 2 amide bonds. The van der Waals surface area contributed by atoms with Crippen LogP contribution in [0.4, 0.5) is 11.4 Å². The van der Waals surface area contributed by atoms with Crippen LogP contribution in [0.2, 0.25) is 0 Å². The Hall–Kier alpha value is -2.52. The van der Waals surface area contributed by atoms with E-state index in [9.17, 15) is 9.59 Å². The van der Waals surface area contributed by atoms with Crippen LogP contribution in [-0.2, 0) is 0 Å². The molecule has 0 aliphatic heterocycles. The number of hydrogen-bond acceptors (Lipinski definition) is 4. The molecule has 8 heteroatoms. The Labute approximate surface area is 222 Å². The van der Waals surface area contributed by atoms with Gasteiger partial charge in [-0.3, -0.25) is 9.59 Å². The molecule has 0 spiro atoms. The highest BCUT2D eigenvalue weighted by Crippen LogP contribution is 2.40. The van der Waals surface area contributed by atoms with Crippen LogP contribution in [0.15, 0.2) is 116 Å². The van der Waals surface area contributed by atoms with Crippen molar-refractivity contribution >= 4 is 76.6 Å². The number of nitrogens with one attached hydrogen (secondary N) is 2. The number of hydrogen-bond donors (Lipinski definition) is 2. The third kappa shape index (κ3) is 6.54. The zero-order valence-corrected chi connectivity index (χ0v) is 22.4. The molecule has 0 bridgehead atoms. The SMILES string of the molecule is O=C(Nc1ccc(Br)cc1)c1ccccc1SSc1ccccc1C(=O)Nc1ccc(Br)cc1. The van der Waals surface area contributed by atoms with Crippen molar-refractivity contribution in [1.82, 2.24) is 0 Å². The second-order valence-electron chi connectivity index (χ2n) is 7.08. The number of halogens is 2. The highest BCUT2D eigenvalue weighted by molar-refractivity contribution is 9.10. The lowest BCUT2D eigenvalue weighted by atomic mass is 10.2. The summed E-state index contributed by atoms with van der Waals surface area (Å²) in [5.74, 6) is -0.375. The summed E-state index contributed by atoms with van der Waals surface area (Å²) in [6.07, 6.45) is 0. The van der Waals surface area contributed by atoms with Crippen molar-refractivity contribution in [3.8, 4) is 0 Å². The molecule has 0 atom stereocenters. The molecule has 0 unspecified atom stereocenters. The van der Waals surface area contributed by atoms with E-state index in [-0.39, 0.29) is 11.8 Å². The second-order valence-corrected chi connectivity index (χ2v) is 11.1. The normalized spacial score (nSPS) is 10.5. The van der Waals surface area contributed by atoms with Gasteiger partial charge in [0.05, 0.1) is 11.1 Å². The Balaban J connectivity index is 1.48. The van der Waals surface area contributed by atoms with Gasteiger partial charge >= 0.3 is 0 Å². The molecular formula is C26H18Br2N2O2S2. The van der Waals surface area contributed by atoms with Crippen molar-refractivity contribution < 1.29 is 9.59 Å². The maximum atomic E-state index is 12.9. The lowest BCUT2D eigenvalue weighted by Crippen LogP contribution is -2.13. The van der Waals surface area contributed by atoms with E-state index >= 15 is 0 Å². The predicted octanol–water partition coefficient (Wildman–Crippen LogP) is 8.52. The monoisotopic (exact) mass is 612 g/mol. The Kier molecular flexibility index (Phi) is 8.50. The van der Waals surface area contributed by atoms with E-state index in [1.165, 1.54) is 21.6 Å². The van der Waals surface area contributed by atoms with E-state index in [0.717, 1.165) is 30.1 Å². The minimum absolute atomic E-state index is 0.188. The largest absolute Gasteiger partial charge is 0.322 e. The molecule has 4 aromatic carbocycles. The zero-order valence-electron chi connectivity index (χ0n) is 17.6. The summed E-state index contributed by atoms with van der Waals surface area (Å²) in [5, 5.41) is 5.87. The molecule has 0 saturated heterocycles. The van der Waals surface area contributed by atoms with Gasteiger partial charge in [0.1, 0.15) is 0 Å². The van der Waals surface area contributed by atoms with Gasteiger partial charge in [-0.2, -0.15) is 0 Å². The number of rotatable bonds is 7. The van der Waals surface area contributed by atoms with Crippen molar-refractivity contribution in [1.29, 1.82) is 0 Å². The minimum atomic E-state index is -0.188. The quantitative estimate of drug-likeness (QED) is 0.205. The number of benzene rings is 4. The van der Waals surface area contributed by atoms with Gasteiger partial charge in [0.2, 0.25) is 0 Å². The maximum absolute atomic E-state index is 12.9. The topological polar surface area (TPSA) is 58.2 Å². The van der Waals surface area contributed by atoms with Gasteiger partial charge in [0, 0.05) is 30.1 Å². The number of carbonyl (C=O) groups excluding carboxylic acids is 2. The fraction of sp³-hybridized carbons (Fsp3) is 0. The molecule has 4 rings (SSSR count). The zero-order chi connectivity index (χ0) is 23.9. The van der Waals surface area contributed by atoms with Gasteiger partial charge in [-0.05, 0) is 72.8 Å². The summed E-state index contributed by atoms with van der Waals surface area (Å²) < 4.78 is 1.89. The molecule has 0 fully saturated rings. The molecule has 170 valence electrons. The number of anilines is 2. The summed E-state index contributed by atoms with van der Waals surface area (Å²) in [6.45, 7) is 0. The molecule has 0 saturated carbocycles. The summed E-state index contributed by atoms with van der Waals surface area (Å²) in [5.41, 5.74) is 2.57. The second kappa shape index (κ2) is 11.8. The lowest BCUT2D eigenvalue weighted by molar-refractivity contribution is 0.101.